The minimum Gasteiger partial charge on any atom is -0.508 e. The second kappa shape index (κ2) is 14.5. The third kappa shape index (κ3) is 6.49. The van der Waals surface area contributed by atoms with E-state index >= 15 is 0 Å². The Hall–Kier alpha value is -6.72. The van der Waals surface area contributed by atoms with Crippen molar-refractivity contribution in [2.24, 2.45) is 0 Å². The Morgan fingerprint density at radius 1 is 0.317 bits per heavy atom. The molecule has 0 spiro atoms. The van der Waals surface area contributed by atoms with E-state index < -0.39 is 0 Å². The molecule has 60 heavy (non-hydrogen) atoms. The topological polar surface area (TPSA) is 77.6 Å². The molecular formula is C55H52N4O. The monoisotopic (exact) mass is 784 g/mol. The summed E-state index contributed by atoms with van der Waals surface area (Å²) >= 11 is 0. The van der Waals surface area contributed by atoms with Gasteiger partial charge in [-0.2, -0.15) is 0 Å². The van der Waals surface area contributed by atoms with E-state index in [0.29, 0.717) is 0 Å². The summed E-state index contributed by atoms with van der Waals surface area (Å²) in [5, 5.41) is 10.7. The van der Waals surface area contributed by atoms with Gasteiger partial charge in [-0.3, -0.25) is 0 Å². The number of rotatable bonds is 4. The number of H-pyrrole nitrogens is 2. The number of aromatic hydroxyl groups is 1. The van der Waals surface area contributed by atoms with E-state index in [0.717, 1.165) is 83.8 Å². The van der Waals surface area contributed by atoms with Gasteiger partial charge in [-0.25, -0.2) is 9.97 Å². The van der Waals surface area contributed by atoms with Gasteiger partial charge in [0, 0.05) is 44.3 Å². The van der Waals surface area contributed by atoms with Crippen molar-refractivity contribution in [2.75, 3.05) is 0 Å². The molecule has 3 aromatic heterocycles. The Kier molecular flexibility index (Phi) is 9.39. The van der Waals surface area contributed by atoms with Crippen LogP contribution in [-0.2, 0) is 0 Å². The molecule has 0 saturated heterocycles. The molecule has 2 aliphatic heterocycles. The molecule has 4 aromatic carbocycles. The number of fused-ring (bicyclic) bond motifs is 8. The number of hydrogen-bond acceptors (Lipinski definition) is 3. The van der Waals surface area contributed by atoms with Gasteiger partial charge in [0.15, 0.2) is 0 Å². The van der Waals surface area contributed by atoms with Crippen LogP contribution in [0.3, 0.4) is 0 Å². The van der Waals surface area contributed by atoms with Gasteiger partial charge >= 0.3 is 0 Å². The van der Waals surface area contributed by atoms with E-state index in [9.17, 15) is 5.11 Å². The van der Waals surface area contributed by atoms with Crippen molar-refractivity contribution in [1.82, 2.24) is 19.9 Å². The van der Waals surface area contributed by atoms with Gasteiger partial charge in [0.25, 0.3) is 0 Å². The Bertz CT molecular complexity index is 2710. The maximum absolute atomic E-state index is 10.7. The lowest BCUT2D eigenvalue weighted by atomic mass is 9.92. The van der Waals surface area contributed by atoms with Crippen molar-refractivity contribution >= 4 is 46.4 Å². The van der Waals surface area contributed by atoms with Crippen LogP contribution in [0.1, 0.15) is 84.0 Å². The molecule has 3 N–H and O–H groups in total. The largest absolute Gasteiger partial charge is 0.508 e. The zero-order valence-electron chi connectivity index (χ0n) is 36.6. The number of aromatic nitrogens is 4. The molecule has 5 nitrogen and oxygen atoms in total. The van der Waals surface area contributed by atoms with Gasteiger partial charge in [-0.1, -0.05) is 53.1 Å². The molecule has 0 atom stereocenters. The molecule has 0 radical (unpaired) electrons. The molecule has 0 amide bonds. The summed E-state index contributed by atoms with van der Waals surface area (Å²) in [5.41, 5.74) is 29.0. The van der Waals surface area contributed by atoms with E-state index in [1.54, 1.807) is 0 Å². The van der Waals surface area contributed by atoms with Crippen LogP contribution in [0.25, 0.3) is 90.9 Å². The van der Waals surface area contributed by atoms with Crippen LogP contribution in [0.4, 0.5) is 0 Å². The molecule has 0 saturated carbocycles. The van der Waals surface area contributed by atoms with Crippen LogP contribution >= 0.6 is 0 Å². The molecule has 0 fully saturated rings. The minimum atomic E-state index is 0.251. The highest BCUT2D eigenvalue weighted by molar-refractivity contribution is 6.02. The standard InChI is InChI=1S/C55H52N4O/c1-28-20-31(4)48(32(5)21-28)52-40-12-14-42(56-40)53(49-33(6)22-29(2)23-34(49)7)44-16-18-46(58-44)55(51-37(10)26-39(60)27-38(51)11)47-19-17-45(59-47)54(43-15-13-41(52)57-43)50-35(8)24-30(3)25-36(50)9/h12-27,56,59-60H,1-11H3. The second-order valence-corrected chi connectivity index (χ2v) is 17.3. The average Bonchev–Trinajstić information content (AvgIpc) is 3.99. The van der Waals surface area contributed by atoms with E-state index in [2.05, 4.69) is 171 Å². The summed E-state index contributed by atoms with van der Waals surface area (Å²) in [6.07, 6.45) is 8.69. The molecule has 9 rings (SSSR count). The van der Waals surface area contributed by atoms with Crippen molar-refractivity contribution in [2.45, 2.75) is 76.2 Å². The summed E-state index contributed by atoms with van der Waals surface area (Å²) in [4.78, 5) is 19.1. The molecule has 5 heterocycles. The van der Waals surface area contributed by atoms with E-state index in [-0.39, 0.29) is 5.75 Å². The van der Waals surface area contributed by atoms with Gasteiger partial charge in [0.2, 0.25) is 0 Å². The molecule has 7 aromatic rings. The van der Waals surface area contributed by atoms with Crippen LogP contribution in [0.15, 0.2) is 72.8 Å². The van der Waals surface area contributed by atoms with Gasteiger partial charge in [-0.05, 0) is 204 Å². The first-order valence-corrected chi connectivity index (χ1v) is 20.9. The zero-order valence-corrected chi connectivity index (χ0v) is 36.6. The number of phenols is 1. The number of aryl methyl sites for hydroxylation is 11. The SMILES string of the molecule is Cc1cc(C)c(-c2c3nc(c(-c4c(C)cc(C)cc4C)c4ccc([nH]4)c(-c4c(C)cc(O)cc4C)c4nc(c(-c5c(C)cc(C)cc5C)c5ccc2[nH]5)C=C4)C=C3)c(C)c1. The third-order valence-corrected chi connectivity index (χ3v) is 12.3. The van der Waals surface area contributed by atoms with Gasteiger partial charge < -0.3 is 15.1 Å². The molecule has 298 valence electrons. The Labute approximate surface area is 353 Å². The predicted molar refractivity (Wildman–Crippen MR) is 254 cm³/mol. The van der Waals surface area contributed by atoms with Crippen molar-refractivity contribution in [1.29, 1.82) is 0 Å². The molecule has 2 aliphatic rings. The first-order chi connectivity index (χ1) is 28.7. The lowest BCUT2D eigenvalue weighted by Gasteiger charge is -2.15. The fraction of sp³-hybridized carbons (Fsp3) is 0.200. The first kappa shape index (κ1) is 38.8. The average molecular weight is 785 g/mol. The number of nitrogens with one attached hydrogen (secondary N) is 2. The van der Waals surface area contributed by atoms with Crippen LogP contribution < -0.4 is 0 Å². The summed E-state index contributed by atoms with van der Waals surface area (Å²) in [7, 11) is 0. The van der Waals surface area contributed by atoms with Gasteiger partial charge in [0.05, 0.1) is 22.8 Å². The van der Waals surface area contributed by atoms with Crippen LogP contribution in [0, 0.1) is 76.2 Å². The van der Waals surface area contributed by atoms with Crippen molar-refractivity contribution < 1.29 is 5.11 Å². The summed E-state index contributed by atoms with van der Waals surface area (Å²) in [6, 6.07) is 26.1. The molecule has 5 heteroatoms. The van der Waals surface area contributed by atoms with E-state index in [4.69, 9.17) is 9.97 Å². The lowest BCUT2D eigenvalue weighted by molar-refractivity contribution is 0.474. The minimum absolute atomic E-state index is 0.251. The van der Waals surface area contributed by atoms with Crippen LogP contribution in [0.2, 0.25) is 0 Å². The zero-order chi connectivity index (χ0) is 42.3. The highest BCUT2D eigenvalue weighted by Gasteiger charge is 2.23. The molecule has 0 unspecified atom stereocenters. The van der Waals surface area contributed by atoms with Crippen molar-refractivity contribution in [3.63, 3.8) is 0 Å². The van der Waals surface area contributed by atoms with E-state index in [1.807, 2.05) is 12.1 Å². The second-order valence-electron chi connectivity index (χ2n) is 17.3. The molecule has 0 aliphatic carbocycles. The summed E-state index contributed by atoms with van der Waals surface area (Å²) < 4.78 is 0. The van der Waals surface area contributed by atoms with Crippen LogP contribution in [-0.4, -0.2) is 25.0 Å². The smallest absolute Gasteiger partial charge is 0.116 e. The third-order valence-electron chi connectivity index (χ3n) is 12.3. The van der Waals surface area contributed by atoms with Gasteiger partial charge in [-0.15, -0.1) is 0 Å². The predicted octanol–water partition coefficient (Wildman–Crippen LogP) is 14.4. The van der Waals surface area contributed by atoms with Crippen molar-refractivity contribution in [3.8, 4) is 50.3 Å². The number of nitrogens with zero attached hydrogens (tertiary/aromatic N) is 2. The lowest BCUT2D eigenvalue weighted by Crippen LogP contribution is -1.96. The van der Waals surface area contributed by atoms with Crippen molar-refractivity contribution in [3.05, 3.63) is 157 Å². The number of aromatic amines is 2. The first-order valence-electron chi connectivity index (χ1n) is 20.9. The van der Waals surface area contributed by atoms with Crippen LogP contribution in [0.5, 0.6) is 5.75 Å². The molecular weight excluding hydrogens is 733 g/mol. The maximum atomic E-state index is 10.7. The highest BCUT2D eigenvalue weighted by Crippen LogP contribution is 2.43. The summed E-state index contributed by atoms with van der Waals surface area (Å²) in [6.45, 7) is 23.8. The Balaban J connectivity index is 1.54. The maximum Gasteiger partial charge on any atom is 0.116 e. The van der Waals surface area contributed by atoms with E-state index in [1.165, 1.54) is 66.8 Å². The normalized spacial score (nSPS) is 12.2. The number of benzene rings is 4. The number of hydrogen-bond donors (Lipinski definition) is 3. The fourth-order valence-electron chi connectivity index (χ4n) is 10.3. The Morgan fingerprint density at radius 3 is 0.767 bits per heavy atom. The molecule has 8 bridgehead atoms. The summed E-state index contributed by atoms with van der Waals surface area (Å²) in [5.74, 6) is 0.251. The quantitative estimate of drug-likeness (QED) is 0.166. The fourth-order valence-corrected chi connectivity index (χ4v) is 10.3. The Morgan fingerprint density at radius 2 is 0.533 bits per heavy atom. The van der Waals surface area contributed by atoms with Gasteiger partial charge in [0.1, 0.15) is 5.75 Å². The number of phenolic OH excluding ortho intramolecular Hbond substituents is 1. The highest BCUT2D eigenvalue weighted by atomic mass is 16.3.